The van der Waals surface area contributed by atoms with E-state index in [1.165, 1.54) is 11.1 Å². The summed E-state index contributed by atoms with van der Waals surface area (Å²) in [6, 6.07) is 2.52. The summed E-state index contributed by atoms with van der Waals surface area (Å²) in [4.78, 5) is 4.55. The van der Waals surface area contributed by atoms with Gasteiger partial charge in [-0.2, -0.15) is 11.8 Å². The molecule has 1 heterocycles. The molecular formula is C15H24N2S. The molecule has 0 bridgehead atoms. The van der Waals surface area contributed by atoms with Crippen LogP contribution in [0, 0.1) is 20.8 Å². The molecule has 2 nitrogen and oxygen atoms in total. The van der Waals surface area contributed by atoms with Gasteiger partial charge in [0.05, 0.1) is 0 Å². The normalized spacial score (nSPS) is 12.4. The van der Waals surface area contributed by atoms with E-state index in [0.717, 1.165) is 29.4 Å². The van der Waals surface area contributed by atoms with E-state index >= 15 is 0 Å². The van der Waals surface area contributed by atoms with Crippen molar-refractivity contribution in [1.29, 1.82) is 0 Å². The second-order valence-corrected chi connectivity index (χ2v) is 5.77. The fourth-order valence-corrected chi connectivity index (χ4v) is 2.90. The highest BCUT2D eigenvalue weighted by Gasteiger charge is 2.12. The van der Waals surface area contributed by atoms with E-state index in [1.54, 1.807) is 0 Å². The summed E-state index contributed by atoms with van der Waals surface area (Å²) in [6.45, 7) is 13.3. The first-order chi connectivity index (χ1) is 8.56. The van der Waals surface area contributed by atoms with Gasteiger partial charge in [-0.25, -0.2) is 0 Å². The summed E-state index contributed by atoms with van der Waals surface area (Å²) in [5.74, 6) is 2.15. The molecule has 100 valence electrons. The molecule has 0 aliphatic rings. The number of rotatable bonds is 7. The smallest absolute Gasteiger partial charge is 0.0426 e. The molecule has 0 amide bonds. The average molecular weight is 264 g/mol. The van der Waals surface area contributed by atoms with Crippen LogP contribution >= 0.6 is 11.8 Å². The van der Waals surface area contributed by atoms with Crippen molar-refractivity contribution in [2.45, 2.75) is 33.7 Å². The van der Waals surface area contributed by atoms with Crippen LogP contribution < -0.4 is 5.32 Å². The maximum absolute atomic E-state index is 4.55. The van der Waals surface area contributed by atoms with Crippen molar-refractivity contribution < 1.29 is 0 Å². The number of hydrogen-bond donors (Lipinski definition) is 1. The third-order valence-electron chi connectivity index (χ3n) is 2.95. The van der Waals surface area contributed by atoms with Gasteiger partial charge in [0.2, 0.25) is 0 Å². The van der Waals surface area contributed by atoms with Crippen LogP contribution in [0.1, 0.15) is 35.5 Å². The maximum atomic E-state index is 4.55. The molecule has 1 unspecified atom stereocenters. The predicted molar refractivity (Wildman–Crippen MR) is 82.4 cm³/mol. The Bertz CT molecular complexity index is 378. The number of thioether (sulfide) groups is 1. The first kappa shape index (κ1) is 15.3. The highest BCUT2D eigenvalue weighted by Crippen LogP contribution is 2.21. The van der Waals surface area contributed by atoms with Crippen LogP contribution in [0.4, 0.5) is 0 Å². The van der Waals surface area contributed by atoms with Crippen molar-refractivity contribution in [3.8, 4) is 0 Å². The summed E-state index contributed by atoms with van der Waals surface area (Å²) in [6.07, 6.45) is 1.95. The van der Waals surface area contributed by atoms with Gasteiger partial charge in [0.1, 0.15) is 0 Å². The van der Waals surface area contributed by atoms with Crippen LogP contribution in [0.3, 0.4) is 0 Å². The molecule has 3 heteroatoms. The molecule has 0 saturated carbocycles. The topological polar surface area (TPSA) is 24.9 Å². The predicted octanol–water partition coefficient (Wildman–Crippen LogP) is 3.58. The highest BCUT2D eigenvalue weighted by molar-refractivity contribution is 7.99. The Hall–Kier alpha value is -0.800. The summed E-state index contributed by atoms with van der Waals surface area (Å²) in [5, 5.41) is 3.56. The van der Waals surface area contributed by atoms with Crippen LogP contribution in [-0.4, -0.2) is 23.0 Å². The number of aromatic nitrogens is 1. The van der Waals surface area contributed by atoms with Gasteiger partial charge in [0.25, 0.3) is 0 Å². The van der Waals surface area contributed by atoms with Crippen LogP contribution in [0.15, 0.2) is 18.7 Å². The first-order valence-electron chi connectivity index (χ1n) is 6.43. The third kappa shape index (κ3) is 4.46. The molecule has 0 spiro atoms. The molecule has 0 aliphatic carbocycles. The van der Waals surface area contributed by atoms with Gasteiger partial charge in [-0.3, -0.25) is 4.98 Å². The van der Waals surface area contributed by atoms with Crippen LogP contribution in [0.25, 0.3) is 0 Å². The lowest BCUT2D eigenvalue weighted by molar-refractivity contribution is 0.592. The van der Waals surface area contributed by atoms with Gasteiger partial charge in [0, 0.05) is 35.5 Å². The van der Waals surface area contributed by atoms with Gasteiger partial charge in [-0.1, -0.05) is 6.08 Å². The Labute approximate surface area is 115 Å². The van der Waals surface area contributed by atoms with E-state index in [0.29, 0.717) is 6.04 Å². The van der Waals surface area contributed by atoms with E-state index in [4.69, 9.17) is 0 Å². The number of nitrogens with one attached hydrogen (secondary N) is 1. The SMILES string of the molecule is C=CCSCCNC(C)c1c(C)cc(C)nc1C. The van der Waals surface area contributed by atoms with E-state index in [2.05, 4.69) is 43.7 Å². The fourth-order valence-electron chi connectivity index (χ4n) is 2.30. The minimum Gasteiger partial charge on any atom is -0.309 e. The van der Waals surface area contributed by atoms with Crippen LogP contribution in [-0.2, 0) is 0 Å². The molecule has 1 atom stereocenters. The van der Waals surface area contributed by atoms with Gasteiger partial charge < -0.3 is 5.32 Å². The Balaban J connectivity index is 2.56. The first-order valence-corrected chi connectivity index (χ1v) is 7.58. The zero-order valence-electron chi connectivity index (χ0n) is 11.9. The van der Waals surface area contributed by atoms with Crippen molar-refractivity contribution in [2.75, 3.05) is 18.1 Å². The molecular weight excluding hydrogens is 240 g/mol. The molecule has 1 aromatic rings. The van der Waals surface area contributed by atoms with E-state index in [9.17, 15) is 0 Å². The lowest BCUT2D eigenvalue weighted by atomic mass is 10.0. The monoisotopic (exact) mass is 264 g/mol. The molecule has 1 aromatic heterocycles. The largest absolute Gasteiger partial charge is 0.309 e. The minimum atomic E-state index is 0.363. The number of nitrogens with zero attached hydrogens (tertiary/aromatic N) is 1. The minimum absolute atomic E-state index is 0.363. The van der Waals surface area contributed by atoms with Crippen molar-refractivity contribution in [1.82, 2.24) is 10.3 Å². The molecule has 18 heavy (non-hydrogen) atoms. The van der Waals surface area contributed by atoms with Crippen LogP contribution in [0.5, 0.6) is 0 Å². The quantitative estimate of drug-likeness (QED) is 0.602. The summed E-state index contributed by atoms with van der Waals surface area (Å²) < 4.78 is 0. The summed E-state index contributed by atoms with van der Waals surface area (Å²) >= 11 is 1.91. The molecule has 0 saturated heterocycles. The third-order valence-corrected chi connectivity index (χ3v) is 3.91. The Morgan fingerprint density at radius 3 is 2.78 bits per heavy atom. The molecule has 0 aromatic carbocycles. The standard InChI is InChI=1S/C15H24N2S/c1-6-8-18-9-7-16-13(4)15-11(2)10-12(3)17-14(15)5/h6,10,13,16H,1,7-9H2,2-5H3. The Kier molecular flexibility index (Phi) is 6.44. The van der Waals surface area contributed by atoms with Crippen molar-refractivity contribution in [2.24, 2.45) is 0 Å². The molecule has 0 fully saturated rings. The Morgan fingerprint density at radius 1 is 1.44 bits per heavy atom. The summed E-state index contributed by atoms with van der Waals surface area (Å²) in [5.41, 5.74) is 4.92. The van der Waals surface area contributed by atoms with E-state index in [1.807, 2.05) is 24.8 Å². The molecule has 1 rings (SSSR count). The van der Waals surface area contributed by atoms with E-state index in [-0.39, 0.29) is 0 Å². The van der Waals surface area contributed by atoms with Crippen molar-refractivity contribution >= 4 is 11.8 Å². The lowest BCUT2D eigenvalue weighted by Crippen LogP contribution is -2.23. The second kappa shape index (κ2) is 7.59. The van der Waals surface area contributed by atoms with Gasteiger partial charge in [-0.05, 0) is 44.9 Å². The van der Waals surface area contributed by atoms with Crippen molar-refractivity contribution in [3.63, 3.8) is 0 Å². The fraction of sp³-hybridized carbons (Fsp3) is 0.533. The number of aryl methyl sites for hydroxylation is 3. The second-order valence-electron chi connectivity index (χ2n) is 4.62. The Morgan fingerprint density at radius 2 is 2.17 bits per heavy atom. The zero-order valence-corrected chi connectivity index (χ0v) is 12.7. The zero-order chi connectivity index (χ0) is 13.5. The molecule has 1 N–H and O–H groups in total. The highest BCUT2D eigenvalue weighted by atomic mass is 32.2. The average Bonchev–Trinajstić information content (AvgIpc) is 2.27. The van der Waals surface area contributed by atoms with Crippen molar-refractivity contribution in [3.05, 3.63) is 41.2 Å². The number of pyridine rings is 1. The van der Waals surface area contributed by atoms with Gasteiger partial charge in [0.15, 0.2) is 0 Å². The molecule has 0 aliphatic heterocycles. The maximum Gasteiger partial charge on any atom is 0.0426 e. The van der Waals surface area contributed by atoms with Crippen LogP contribution in [0.2, 0.25) is 0 Å². The number of hydrogen-bond acceptors (Lipinski definition) is 3. The van der Waals surface area contributed by atoms with Gasteiger partial charge >= 0.3 is 0 Å². The summed E-state index contributed by atoms with van der Waals surface area (Å²) in [7, 11) is 0. The lowest BCUT2D eigenvalue weighted by Gasteiger charge is -2.19. The molecule has 0 radical (unpaired) electrons. The van der Waals surface area contributed by atoms with Gasteiger partial charge in [-0.15, -0.1) is 6.58 Å². The van der Waals surface area contributed by atoms with E-state index < -0.39 is 0 Å².